The van der Waals surface area contributed by atoms with Crippen molar-refractivity contribution in [1.82, 2.24) is 24.8 Å². The molecule has 1 fully saturated rings. The molecule has 0 atom stereocenters. The number of likely N-dealkylation sites (N-methyl/N-ethyl adjacent to an activating group) is 1. The number of hydrogen-bond acceptors (Lipinski definition) is 8. The zero-order valence-corrected chi connectivity index (χ0v) is 22.0. The molecule has 0 spiro atoms. The fourth-order valence-electron chi connectivity index (χ4n) is 4.54. The van der Waals surface area contributed by atoms with Crippen molar-refractivity contribution in [3.05, 3.63) is 84.1 Å². The fourth-order valence-corrected chi connectivity index (χ4v) is 4.54. The van der Waals surface area contributed by atoms with Crippen molar-refractivity contribution in [3.63, 3.8) is 0 Å². The molecule has 1 saturated heterocycles. The summed E-state index contributed by atoms with van der Waals surface area (Å²) in [6, 6.07) is 13.5. The zero-order valence-electron chi connectivity index (χ0n) is 22.0. The molecule has 38 heavy (non-hydrogen) atoms. The Morgan fingerprint density at radius 2 is 1.82 bits per heavy atom. The smallest absolute Gasteiger partial charge is 0.255 e. The van der Waals surface area contributed by atoms with E-state index in [1.807, 2.05) is 50.2 Å². The number of pyridine rings is 2. The van der Waals surface area contributed by atoms with Gasteiger partial charge < -0.3 is 20.4 Å². The van der Waals surface area contributed by atoms with Crippen LogP contribution >= 0.6 is 0 Å². The van der Waals surface area contributed by atoms with E-state index in [0.29, 0.717) is 22.9 Å². The van der Waals surface area contributed by atoms with Crippen LogP contribution in [0, 0.1) is 13.8 Å². The van der Waals surface area contributed by atoms with Crippen LogP contribution in [0.3, 0.4) is 0 Å². The lowest BCUT2D eigenvalue weighted by atomic mass is 10.1. The predicted molar refractivity (Wildman–Crippen MR) is 151 cm³/mol. The Hall–Kier alpha value is -4.37. The molecule has 2 N–H and O–H groups in total. The number of benzene rings is 1. The second kappa shape index (κ2) is 11.4. The van der Waals surface area contributed by atoms with Gasteiger partial charge in [-0.3, -0.25) is 14.8 Å². The van der Waals surface area contributed by atoms with Crippen molar-refractivity contribution in [3.8, 4) is 11.3 Å². The second-order valence-corrected chi connectivity index (χ2v) is 9.42. The monoisotopic (exact) mass is 508 g/mol. The maximum atomic E-state index is 13.2. The molecule has 4 heterocycles. The molecular formula is C29H32N8O. The Morgan fingerprint density at radius 1 is 0.974 bits per heavy atom. The van der Waals surface area contributed by atoms with E-state index in [2.05, 4.69) is 53.4 Å². The van der Waals surface area contributed by atoms with Crippen LogP contribution in [0.5, 0.6) is 0 Å². The SMILES string of the molecule is CCN1CCN(c2cc(C)cc(C(=O)Nc3cnc(C)c(Nc4nccc(-c5cccnc5)n4)c3)c2)CC1. The van der Waals surface area contributed by atoms with Gasteiger partial charge in [-0.05, 0) is 68.4 Å². The molecular weight excluding hydrogens is 476 g/mol. The number of piperazine rings is 1. The van der Waals surface area contributed by atoms with Gasteiger partial charge in [0.2, 0.25) is 5.95 Å². The number of amides is 1. The van der Waals surface area contributed by atoms with Gasteiger partial charge in [-0.15, -0.1) is 0 Å². The first-order valence-corrected chi connectivity index (χ1v) is 12.9. The van der Waals surface area contributed by atoms with Crippen molar-refractivity contribution in [2.24, 2.45) is 0 Å². The maximum absolute atomic E-state index is 13.2. The number of nitrogens with zero attached hydrogens (tertiary/aromatic N) is 6. The highest BCUT2D eigenvalue weighted by Crippen LogP contribution is 2.25. The van der Waals surface area contributed by atoms with Crippen LogP contribution < -0.4 is 15.5 Å². The van der Waals surface area contributed by atoms with E-state index in [1.54, 1.807) is 24.8 Å². The summed E-state index contributed by atoms with van der Waals surface area (Å²) >= 11 is 0. The average molecular weight is 509 g/mol. The van der Waals surface area contributed by atoms with Gasteiger partial charge in [0.15, 0.2) is 0 Å². The Kier molecular flexibility index (Phi) is 7.55. The largest absolute Gasteiger partial charge is 0.369 e. The van der Waals surface area contributed by atoms with Gasteiger partial charge in [0, 0.05) is 61.6 Å². The van der Waals surface area contributed by atoms with Gasteiger partial charge in [-0.2, -0.15) is 0 Å². The van der Waals surface area contributed by atoms with Crippen LogP contribution in [0.2, 0.25) is 0 Å². The molecule has 0 aliphatic carbocycles. The lowest BCUT2D eigenvalue weighted by molar-refractivity contribution is 0.102. The normalized spacial score (nSPS) is 13.8. The molecule has 1 aromatic carbocycles. The number of carbonyl (C=O) groups excluding carboxylic acids is 1. The minimum Gasteiger partial charge on any atom is -0.369 e. The van der Waals surface area contributed by atoms with Crippen molar-refractivity contribution < 1.29 is 4.79 Å². The van der Waals surface area contributed by atoms with Gasteiger partial charge in [0.05, 0.1) is 29.0 Å². The van der Waals surface area contributed by atoms with E-state index < -0.39 is 0 Å². The number of nitrogens with one attached hydrogen (secondary N) is 2. The van der Waals surface area contributed by atoms with E-state index in [0.717, 1.165) is 60.9 Å². The minimum absolute atomic E-state index is 0.173. The average Bonchev–Trinajstić information content (AvgIpc) is 2.95. The molecule has 9 nitrogen and oxygen atoms in total. The van der Waals surface area contributed by atoms with Gasteiger partial charge in [-0.1, -0.05) is 6.92 Å². The van der Waals surface area contributed by atoms with Crippen LogP contribution in [0.1, 0.15) is 28.5 Å². The number of anilines is 4. The highest BCUT2D eigenvalue weighted by molar-refractivity contribution is 6.05. The Bertz CT molecular complexity index is 1420. The summed E-state index contributed by atoms with van der Waals surface area (Å²) in [4.78, 5) is 35.6. The first-order chi connectivity index (χ1) is 18.5. The second-order valence-electron chi connectivity index (χ2n) is 9.42. The summed E-state index contributed by atoms with van der Waals surface area (Å²) in [7, 11) is 0. The zero-order chi connectivity index (χ0) is 26.5. The van der Waals surface area contributed by atoms with Crippen molar-refractivity contribution >= 4 is 28.9 Å². The van der Waals surface area contributed by atoms with Gasteiger partial charge >= 0.3 is 0 Å². The molecule has 1 aliphatic rings. The summed E-state index contributed by atoms with van der Waals surface area (Å²) in [5, 5.41) is 6.24. The lowest BCUT2D eigenvalue weighted by Crippen LogP contribution is -2.46. The highest BCUT2D eigenvalue weighted by Gasteiger charge is 2.18. The van der Waals surface area contributed by atoms with Crippen LogP contribution in [0.4, 0.5) is 23.0 Å². The lowest BCUT2D eigenvalue weighted by Gasteiger charge is -2.35. The maximum Gasteiger partial charge on any atom is 0.255 e. The Labute approximate surface area is 223 Å². The van der Waals surface area contributed by atoms with E-state index in [9.17, 15) is 4.79 Å². The molecule has 0 saturated carbocycles. The fraction of sp³-hybridized carbons (Fsp3) is 0.276. The first kappa shape index (κ1) is 25.3. The molecule has 0 bridgehead atoms. The van der Waals surface area contributed by atoms with E-state index in [-0.39, 0.29) is 5.91 Å². The molecule has 4 aromatic rings. The molecule has 0 unspecified atom stereocenters. The van der Waals surface area contributed by atoms with Gasteiger partial charge in [0.1, 0.15) is 0 Å². The quantitative estimate of drug-likeness (QED) is 0.371. The third-order valence-corrected chi connectivity index (χ3v) is 6.71. The third-order valence-electron chi connectivity index (χ3n) is 6.71. The van der Waals surface area contributed by atoms with Crippen molar-refractivity contribution in [2.75, 3.05) is 48.3 Å². The standard InChI is InChI=1S/C29H32N8O/c1-4-36-10-12-37(13-11-36)25-15-20(2)14-23(16-25)28(38)33-24-17-27(21(3)32-19-24)35-29-31-9-7-26(34-29)22-6-5-8-30-18-22/h5-9,14-19H,4,10-13H2,1-3H3,(H,33,38)(H,31,34,35). The van der Waals surface area contributed by atoms with E-state index in [4.69, 9.17) is 0 Å². The number of rotatable bonds is 7. The molecule has 9 heteroatoms. The van der Waals surface area contributed by atoms with Crippen LogP contribution in [0.15, 0.2) is 67.3 Å². The number of hydrogen-bond donors (Lipinski definition) is 2. The number of aryl methyl sites for hydroxylation is 2. The topological polar surface area (TPSA) is 99.2 Å². The van der Waals surface area contributed by atoms with Gasteiger partial charge in [-0.25, -0.2) is 9.97 Å². The summed E-state index contributed by atoms with van der Waals surface area (Å²) in [5.41, 5.74) is 6.50. The highest BCUT2D eigenvalue weighted by atomic mass is 16.1. The van der Waals surface area contributed by atoms with Crippen LogP contribution in [0.25, 0.3) is 11.3 Å². The van der Waals surface area contributed by atoms with E-state index >= 15 is 0 Å². The first-order valence-electron chi connectivity index (χ1n) is 12.9. The third kappa shape index (κ3) is 5.95. The summed E-state index contributed by atoms with van der Waals surface area (Å²) in [6.07, 6.45) is 6.84. The number of aromatic nitrogens is 4. The van der Waals surface area contributed by atoms with Crippen LogP contribution in [-0.4, -0.2) is 63.5 Å². The predicted octanol–water partition coefficient (Wildman–Crippen LogP) is 4.69. The molecule has 194 valence electrons. The van der Waals surface area contributed by atoms with Crippen LogP contribution in [-0.2, 0) is 0 Å². The molecule has 5 rings (SSSR count). The summed E-state index contributed by atoms with van der Waals surface area (Å²) in [5.74, 6) is 0.264. The summed E-state index contributed by atoms with van der Waals surface area (Å²) in [6.45, 7) is 11.2. The van der Waals surface area contributed by atoms with Gasteiger partial charge in [0.25, 0.3) is 5.91 Å². The molecule has 1 amide bonds. The number of carbonyl (C=O) groups is 1. The Balaban J connectivity index is 1.31. The summed E-state index contributed by atoms with van der Waals surface area (Å²) < 4.78 is 0. The van der Waals surface area contributed by atoms with E-state index in [1.165, 1.54) is 0 Å². The van der Waals surface area contributed by atoms with Crippen molar-refractivity contribution in [2.45, 2.75) is 20.8 Å². The molecule has 1 aliphatic heterocycles. The Morgan fingerprint density at radius 3 is 2.58 bits per heavy atom. The minimum atomic E-state index is -0.173. The molecule has 3 aromatic heterocycles. The van der Waals surface area contributed by atoms with Crippen molar-refractivity contribution in [1.29, 1.82) is 0 Å². The molecule has 0 radical (unpaired) electrons.